The molecule has 1 amide bonds. The number of carbonyl (C=O) groups is 1. The van der Waals surface area contributed by atoms with Gasteiger partial charge in [-0.3, -0.25) is 4.79 Å². The van der Waals surface area contributed by atoms with Gasteiger partial charge in [0.2, 0.25) is 0 Å². The fourth-order valence-corrected chi connectivity index (χ4v) is 3.80. The van der Waals surface area contributed by atoms with Crippen LogP contribution in [0.5, 0.6) is 0 Å². The molecule has 0 N–H and O–H groups in total. The van der Waals surface area contributed by atoms with Crippen molar-refractivity contribution in [1.29, 1.82) is 0 Å². The number of aryl methyl sites for hydroxylation is 1. The second-order valence-electron chi connectivity index (χ2n) is 7.09. The zero-order valence-electron chi connectivity index (χ0n) is 15.0. The van der Waals surface area contributed by atoms with E-state index in [0.717, 1.165) is 23.4 Å². The highest BCUT2D eigenvalue weighted by Crippen LogP contribution is 2.33. The van der Waals surface area contributed by atoms with Crippen LogP contribution in [0.25, 0.3) is 5.65 Å². The Morgan fingerprint density at radius 3 is 2.81 bits per heavy atom. The smallest absolute Gasteiger partial charge is 0.368 e. The zero-order chi connectivity index (χ0) is 19.2. The fraction of sp³-hybridized carbons (Fsp3) is 0.611. The third-order valence-corrected chi connectivity index (χ3v) is 5.28. The molecule has 2 aliphatic rings. The molecular weight excluding hydrogens is 361 g/mol. The molecule has 9 heteroatoms. The Hall–Kier alpha value is -2.16. The van der Waals surface area contributed by atoms with Crippen LogP contribution >= 0.6 is 0 Å². The van der Waals surface area contributed by atoms with E-state index in [0.29, 0.717) is 43.9 Å². The summed E-state index contributed by atoms with van der Waals surface area (Å²) in [4.78, 5) is 18.5. The summed E-state index contributed by atoms with van der Waals surface area (Å²) < 4.78 is 46.5. The van der Waals surface area contributed by atoms with E-state index in [2.05, 4.69) is 10.1 Å². The van der Waals surface area contributed by atoms with Crippen LogP contribution in [-0.2, 0) is 22.1 Å². The molecule has 2 aromatic heterocycles. The SMILES string of the molecule is CCc1cc(C(F)(F)F)n2nc([C@@H]3CCN(C(=O)[C@H]4CCCO4)C3)cc2n1. The van der Waals surface area contributed by atoms with E-state index >= 15 is 0 Å². The number of nitrogens with zero attached hydrogens (tertiary/aromatic N) is 4. The number of ether oxygens (including phenoxy) is 1. The highest BCUT2D eigenvalue weighted by molar-refractivity contribution is 5.81. The third kappa shape index (κ3) is 3.40. The van der Waals surface area contributed by atoms with Crippen molar-refractivity contribution in [1.82, 2.24) is 19.5 Å². The molecule has 2 atom stereocenters. The summed E-state index contributed by atoms with van der Waals surface area (Å²) in [6.07, 6.45) is -2.20. The van der Waals surface area contributed by atoms with Gasteiger partial charge in [0.15, 0.2) is 5.65 Å². The minimum atomic E-state index is -4.51. The van der Waals surface area contributed by atoms with Crippen molar-refractivity contribution in [2.75, 3.05) is 19.7 Å². The molecule has 0 aliphatic carbocycles. The van der Waals surface area contributed by atoms with Crippen LogP contribution < -0.4 is 0 Å². The van der Waals surface area contributed by atoms with Gasteiger partial charge in [0.1, 0.15) is 11.8 Å². The molecule has 0 radical (unpaired) electrons. The molecule has 0 saturated carbocycles. The lowest BCUT2D eigenvalue weighted by Gasteiger charge is -2.19. The first-order chi connectivity index (χ1) is 12.9. The van der Waals surface area contributed by atoms with Crippen molar-refractivity contribution < 1.29 is 22.7 Å². The van der Waals surface area contributed by atoms with Crippen LogP contribution in [0.2, 0.25) is 0 Å². The zero-order valence-corrected chi connectivity index (χ0v) is 15.0. The van der Waals surface area contributed by atoms with Crippen molar-refractivity contribution in [2.45, 2.75) is 50.8 Å². The standard InChI is InChI=1S/C18H21F3N4O2/c1-2-12-8-15(18(19,20)21)25-16(22-12)9-13(23-25)11-5-6-24(10-11)17(26)14-4-3-7-27-14/h8-9,11,14H,2-7,10H2,1H3/t11-,14-/m1/s1. The van der Waals surface area contributed by atoms with E-state index in [1.54, 1.807) is 17.9 Å². The van der Waals surface area contributed by atoms with Crippen LogP contribution in [0.15, 0.2) is 12.1 Å². The molecule has 0 spiro atoms. The average molecular weight is 382 g/mol. The number of hydrogen-bond acceptors (Lipinski definition) is 4. The molecule has 0 bridgehead atoms. The Labute approximate surface area is 154 Å². The Balaban J connectivity index is 1.60. The van der Waals surface area contributed by atoms with Gasteiger partial charge in [-0.15, -0.1) is 0 Å². The molecule has 146 valence electrons. The van der Waals surface area contributed by atoms with E-state index < -0.39 is 11.9 Å². The van der Waals surface area contributed by atoms with Crippen molar-refractivity contribution in [3.8, 4) is 0 Å². The Morgan fingerprint density at radius 2 is 2.15 bits per heavy atom. The van der Waals surface area contributed by atoms with E-state index in [9.17, 15) is 18.0 Å². The summed E-state index contributed by atoms with van der Waals surface area (Å²) in [6, 6.07) is 2.66. The number of alkyl halides is 3. The van der Waals surface area contributed by atoms with Crippen LogP contribution in [-0.4, -0.2) is 51.2 Å². The topological polar surface area (TPSA) is 59.7 Å². The summed E-state index contributed by atoms with van der Waals surface area (Å²) in [5.41, 5.74) is 0.299. The lowest BCUT2D eigenvalue weighted by molar-refractivity contribution is -0.142. The predicted octanol–water partition coefficient (Wildman–Crippen LogP) is 2.81. The second-order valence-corrected chi connectivity index (χ2v) is 7.09. The Morgan fingerprint density at radius 1 is 1.33 bits per heavy atom. The Kier molecular flexibility index (Phi) is 4.57. The fourth-order valence-electron chi connectivity index (χ4n) is 3.80. The van der Waals surface area contributed by atoms with Crippen LogP contribution in [0.3, 0.4) is 0 Å². The maximum atomic E-state index is 13.4. The number of amides is 1. The molecule has 2 aliphatic heterocycles. The average Bonchev–Trinajstić information content (AvgIpc) is 3.38. The molecule has 2 aromatic rings. The largest absolute Gasteiger partial charge is 0.433 e. The summed E-state index contributed by atoms with van der Waals surface area (Å²) in [5.74, 6) is -0.121. The van der Waals surface area contributed by atoms with Gasteiger partial charge in [0, 0.05) is 37.4 Å². The number of fused-ring (bicyclic) bond motifs is 1. The van der Waals surface area contributed by atoms with Crippen molar-refractivity contribution in [2.24, 2.45) is 0 Å². The predicted molar refractivity (Wildman–Crippen MR) is 90.3 cm³/mol. The third-order valence-electron chi connectivity index (χ3n) is 5.28. The maximum absolute atomic E-state index is 13.4. The first-order valence-electron chi connectivity index (χ1n) is 9.24. The van der Waals surface area contributed by atoms with Gasteiger partial charge < -0.3 is 9.64 Å². The molecule has 27 heavy (non-hydrogen) atoms. The van der Waals surface area contributed by atoms with Gasteiger partial charge >= 0.3 is 6.18 Å². The number of likely N-dealkylation sites (tertiary alicyclic amines) is 1. The van der Waals surface area contributed by atoms with Gasteiger partial charge in [-0.2, -0.15) is 18.3 Å². The normalized spacial score (nSPS) is 23.5. The van der Waals surface area contributed by atoms with Gasteiger partial charge in [-0.1, -0.05) is 6.92 Å². The number of halogens is 3. The lowest BCUT2D eigenvalue weighted by Crippen LogP contribution is -2.37. The van der Waals surface area contributed by atoms with Gasteiger partial charge in [0.25, 0.3) is 5.91 Å². The van der Waals surface area contributed by atoms with E-state index in [-0.39, 0.29) is 23.6 Å². The summed E-state index contributed by atoms with van der Waals surface area (Å²) in [7, 11) is 0. The highest BCUT2D eigenvalue weighted by Gasteiger charge is 2.37. The molecule has 4 heterocycles. The first-order valence-corrected chi connectivity index (χ1v) is 9.24. The maximum Gasteiger partial charge on any atom is 0.433 e. The van der Waals surface area contributed by atoms with Gasteiger partial charge in [-0.25, -0.2) is 9.50 Å². The number of aromatic nitrogens is 3. The van der Waals surface area contributed by atoms with Crippen molar-refractivity contribution >= 4 is 11.6 Å². The van der Waals surface area contributed by atoms with Gasteiger partial charge in [-0.05, 0) is 31.7 Å². The highest BCUT2D eigenvalue weighted by atomic mass is 19.4. The number of hydrogen-bond donors (Lipinski definition) is 0. The first kappa shape index (κ1) is 18.2. The molecule has 0 aromatic carbocycles. The Bertz CT molecular complexity index is 858. The van der Waals surface area contributed by atoms with Gasteiger partial charge in [0.05, 0.1) is 5.69 Å². The number of rotatable bonds is 3. The monoisotopic (exact) mass is 382 g/mol. The summed E-state index contributed by atoms with van der Waals surface area (Å²) >= 11 is 0. The second kappa shape index (κ2) is 6.78. The quantitative estimate of drug-likeness (QED) is 0.819. The molecule has 2 saturated heterocycles. The van der Waals surface area contributed by atoms with Crippen LogP contribution in [0, 0.1) is 0 Å². The van der Waals surface area contributed by atoms with E-state index in [1.807, 2.05) is 0 Å². The summed E-state index contributed by atoms with van der Waals surface area (Å²) in [6.45, 7) is 3.38. The number of carbonyl (C=O) groups excluding carboxylic acids is 1. The van der Waals surface area contributed by atoms with Crippen molar-refractivity contribution in [3.05, 3.63) is 29.2 Å². The minimum absolute atomic E-state index is 0.0267. The van der Waals surface area contributed by atoms with Crippen molar-refractivity contribution in [3.63, 3.8) is 0 Å². The van der Waals surface area contributed by atoms with E-state index in [1.165, 1.54) is 0 Å². The van der Waals surface area contributed by atoms with E-state index in [4.69, 9.17) is 4.74 Å². The lowest BCUT2D eigenvalue weighted by atomic mass is 10.1. The van der Waals surface area contributed by atoms with Crippen LogP contribution in [0.1, 0.15) is 49.2 Å². The summed E-state index contributed by atoms with van der Waals surface area (Å²) in [5, 5.41) is 4.19. The molecule has 4 rings (SSSR count). The molecule has 2 fully saturated rings. The van der Waals surface area contributed by atoms with Crippen LogP contribution in [0.4, 0.5) is 13.2 Å². The molecule has 6 nitrogen and oxygen atoms in total. The molecular formula is C18H21F3N4O2. The minimum Gasteiger partial charge on any atom is -0.368 e. The molecule has 0 unspecified atom stereocenters.